The second-order valence-corrected chi connectivity index (χ2v) is 11.2. The summed E-state index contributed by atoms with van der Waals surface area (Å²) < 4.78 is 102. The zero-order chi connectivity index (χ0) is 25.8. The summed E-state index contributed by atoms with van der Waals surface area (Å²) in [5.41, 5.74) is -1.25. The van der Waals surface area contributed by atoms with E-state index in [0.717, 1.165) is 6.07 Å². The molecule has 3 aliphatic rings. The van der Waals surface area contributed by atoms with E-state index in [1.807, 2.05) is 0 Å². The second kappa shape index (κ2) is 9.07. The largest absolute Gasteiger partial charge is 0.368 e. The molecule has 1 N–H and O–H groups in total. The molecule has 6 nitrogen and oxygen atoms in total. The van der Waals surface area contributed by atoms with Crippen LogP contribution in [0.5, 0.6) is 0 Å². The van der Waals surface area contributed by atoms with Gasteiger partial charge in [0.05, 0.1) is 12.6 Å². The number of sulfonamides is 1. The second-order valence-electron chi connectivity index (χ2n) is 9.53. The molecule has 0 bridgehead atoms. The molecule has 1 saturated carbocycles. The van der Waals surface area contributed by atoms with Crippen LogP contribution in [0.2, 0.25) is 0 Å². The Morgan fingerprint density at radius 1 is 1.08 bits per heavy atom. The number of nitrogens with zero attached hydrogens (tertiary/aromatic N) is 1. The molecule has 0 unspecified atom stereocenters. The number of rotatable bonds is 7. The molecule has 1 spiro atoms. The maximum atomic E-state index is 15.6. The van der Waals surface area contributed by atoms with Crippen molar-refractivity contribution in [1.82, 2.24) is 9.62 Å². The smallest absolute Gasteiger partial charge is 0.350 e. The van der Waals surface area contributed by atoms with E-state index >= 15 is 4.39 Å². The lowest BCUT2D eigenvalue weighted by Crippen LogP contribution is -2.53. The van der Waals surface area contributed by atoms with E-state index in [0.29, 0.717) is 25.9 Å². The normalized spacial score (nSPS) is 24.8. The van der Waals surface area contributed by atoms with Crippen molar-refractivity contribution in [2.45, 2.75) is 49.6 Å². The number of carbonyl (C=O) groups is 1. The quantitative estimate of drug-likeness (QED) is 0.556. The van der Waals surface area contributed by atoms with Gasteiger partial charge in [0.15, 0.2) is 11.6 Å². The summed E-state index contributed by atoms with van der Waals surface area (Å²) in [6, 6.07) is 5.39. The number of amides is 1. The molecule has 36 heavy (non-hydrogen) atoms. The Morgan fingerprint density at radius 2 is 1.72 bits per heavy atom. The van der Waals surface area contributed by atoms with Gasteiger partial charge >= 0.3 is 5.76 Å². The van der Waals surface area contributed by atoms with E-state index in [9.17, 15) is 30.8 Å². The van der Waals surface area contributed by atoms with Gasteiger partial charge in [-0.3, -0.25) is 4.79 Å². The molecule has 194 valence electrons. The average Bonchev–Trinajstić information content (AvgIpc) is 3.51. The van der Waals surface area contributed by atoms with Crippen molar-refractivity contribution in [3.63, 3.8) is 0 Å². The predicted molar refractivity (Wildman–Crippen MR) is 119 cm³/mol. The number of hydrogen-bond acceptors (Lipinski definition) is 4. The Kier molecular flexibility index (Phi) is 6.32. The maximum Gasteiger partial charge on any atom is 0.350 e. The van der Waals surface area contributed by atoms with Crippen molar-refractivity contribution in [3.8, 4) is 11.1 Å². The van der Waals surface area contributed by atoms with E-state index in [1.54, 1.807) is 0 Å². The lowest BCUT2D eigenvalue weighted by molar-refractivity contribution is -0.157. The summed E-state index contributed by atoms with van der Waals surface area (Å²) >= 11 is 0. The number of nitrogens with one attached hydrogen (secondary N) is 1. The first-order valence-corrected chi connectivity index (χ1v) is 13.0. The molecular formula is C24H23F5N2O4S. The predicted octanol–water partition coefficient (Wildman–Crippen LogP) is 3.60. The summed E-state index contributed by atoms with van der Waals surface area (Å²) in [4.78, 5) is 14.5. The molecule has 2 saturated heterocycles. The highest BCUT2D eigenvalue weighted by Gasteiger charge is 2.62. The Balaban J connectivity index is 1.53. The van der Waals surface area contributed by atoms with Gasteiger partial charge in [-0.15, -0.1) is 0 Å². The zero-order valence-electron chi connectivity index (χ0n) is 18.9. The molecule has 2 aliphatic heterocycles. The van der Waals surface area contributed by atoms with Crippen LogP contribution in [0.15, 0.2) is 36.4 Å². The van der Waals surface area contributed by atoms with Crippen LogP contribution < -0.4 is 4.72 Å². The van der Waals surface area contributed by atoms with Gasteiger partial charge in [-0.2, -0.15) is 8.78 Å². The minimum atomic E-state index is -5.01. The van der Waals surface area contributed by atoms with Crippen LogP contribution in [-0.4, -0.2) is 56.3 Å². The lowest BCUT2D eigenvalue weighted by atomic mass is 9.91. The number of halogens is 5. The van der Waals surface area contributed by atoms with Gasteiger partial charge in [-0.25, -0.2) is 26.3 Å². The molecule has 0 aromatic heterocycles. The molecule has 5 rings (SSSR count). The Morgan fingerprint density at radius 3 is 2.31 bits per heavy atom. The Bertz CT molecular complexity index is 1300. The monoisotopic (exact) mass is 530 g/mol. The summed E-state index contributed by atoms with van der Waals surface area (Å²) in [6.45, 7) is 0.504. The topological polar surface area (TPSA) is 75.7 Å². The molecule has 1 amide bonds. The molecule has 3 fully saturated rings. The first-order valence-electron chi connectivity index (χ1n) is 11.5. The van der Waals surface area contributed by atoms with E-state index in [2.05, 4.69) is 4.72 Å². The minimum Gasteiger partial charge on any atom is -0.368 e. The number of benzene rings is 2. The third-order valence-electron chi connectivity index (χ3n) is 7.36. The van der Waals surface area contributed by atoms with E-state index in [4.69, 9.17) is 4.74 Å². The van der Waals surface area contributed by atoms with Crippen LogP contribution >= 0.6 is 0 Å². The number of ether oxygens (including phenoxy) is 1. The molecule has 2 heterocycles. The number of hydrogen-bond donors (Lipinski definition) is 1. The number of likely N-dealkylation sites (tertiary alicyclic amines) is 1. The number of alkyl halides is 2. The van der Waals surface area contributed by atoms with Crippen molar-refractivity contribution in [2.24, 2.45) is 5.41 Å². The van der Waals surface area contributed by atoms with Gasteiger partial charge in [0.1, 0.15) is 11.9 Å². The van der Waals surface area contributed by atoms with Crippen LogP contribution in [0.4, 0.5) is 22.0 Å². The number of carbonyl (C=O) groups excluding carboxylic acids is 1. The van der Waals surface area contributed by atoms with E-state index < -0.39 is 62.7 Å². The van der Waals surface area contributed by atoms with Crippen molar-refractivity contribution < 1.29 is 39.9 Å². The minimum absolute atomic E-state index is 0.00688. The third-order valence-corrected chi connectivity index (χ3v) is 8.41. The Labute approximate surface area is 204 Å². The summed E-state index contributed by atoms with van der Waals surface area (Å²) in [6.07, 6.45) is 0.517. The highest BCUT2D eigenvalue weighted by atomic mass is 32.2. The van der Waals surface area contributed by atoms with Crippen LogP contribution in [0.1, 0.15) is 24.8 Å². The average molecular weight is 531 g/mol. The van der Waals surface area contributed by atoms with Gasteiger partial charge < -0.3 is 9.64 Å². The molecule has 2 aromatic carbocycles. The summed E-state index contributed by atoms with van der Waals surface area (Å²) in [5.74, 6) is -7.34. The molecule has 12 heteroatoms. The fourth-order valence-electron chi connectivity index (χ4n) is 5.17. The van der Waals surface area contributed by atoms with E-state index in [-0.39, 0.29) is 29.7 Å². The fraction of sp³-hybridized carbons (Fsp3) is 0.458. The fourth-order valence-corrected chi connectivity index (χ4v) is 6.04. The lowest BCUT2D eigenvalue weighted by Gasteiger charge is -2.34. The summed E-state index contributed by atoms with van der Waals surface area (Å²) in [7, 11) is -5.01. The van der Waals surface area contributed by atoms with Crippen molar-refractivity contribution in [3.05, 3.63) is 59.4 Å². The third kappa shape index (κ3) is 4.28. The first-order chi connectivity index (χ1) is 17.0. The first kappa shape index (κ1) is 25.1. The molecular weight excluding hydrogens is 507 g/mol. The maximum absolute atomic E-state index is 15.6. The highest BCUT2D eigenvalue weighted by Crippen LogP contribution is 2.56. The van der Waals surface area contributed by atoms with Crippen LogP contribution in [0.25, 0.3) is 11.1 Å². The van der Waals surface area contributed by atoms with Crippen LogP contribution in [0.3, 0.4) is 0 Å². The van der Waals surface area contributed by atoms with Gasteiger partial charge in [-0.05, 0) is 30.9 Å². The van der Waals surface area contributed by atoms with Gasteiger partial charge in [0.25, 0.3) is 15.9 Å². The van der Waals surface area contributed by atoms with Gasteiger partial charge in [-0.1, -0.05) is 30.3 Å². The zero-order valence-corrected chi connectivity index (χ0v) is 19.7. The van der Waals surface area contributed by atoms with Gasteiger partial charge in [0.2, 0.25) is 0 Å². The van der Waals surface area contributed by atoms with Gasteiger partial charge in [0, 0.05) is 35.5 Å². The standard InChI is InChI=1S/C24H23F5N2O4S/c25-16-6-2-5-15(20(16)27)14-4-1-3-13(19(14)26)11-17-21(30-36(33,34)23(28)29)24(8-9-24)12-31(17)22(32)18-7-10-35-18/h1-6,17-18,21,23,30H,7-12H2/t17-,18+,21+/m0/s1. The molecule has 2 aromatic rings. The molecule has 3 atom stereocenters. The molecule has 0 radical (unpaired) electrons. The van der Waals surface area contributed by atoms with Crippen molar-refractivity contribution in [2.75, 3.05) is 13.2 Å². The summed E-state index contributed by atoms with van der Waals surface area (Å²) in [5, 5.41) is 0. The SMILES string of the molecule is O=C([C@H]1CCO1)N1CC2(CC2)[C@H](NS(=O)(=O)C(F)F)[C@@H]1Cc1cccc(-c2cccc(F)c2F)c1F. The van der Waals surface area contributed by atoms with Crippen molar-refractivity contribution >= 4 is 15.9 Å². The molecule has 1 aliphatic carbocycles. The van der Waals surface area contributed by atoms with E-state index in [1.165, 1.54) is 35.2 Å². The van der Waals surface area contributed by atoms with Crippen LogP contribution in [0, 0.1) is 22.9 Å². The van der Waals surface area contributed by atoms with Crippen LogP contribution in [-0.2, 0) is 26.0 Å². The highest BCUT2D eigenvalue weighted by molar-refractivity contribution is 7.89. The van der Waals surface area contributed by atoms with Crippen molar-refractivity contribution in [1.29, 1.82) is 0 Å². The Hall–Kier alpha value is -2.57.